The number of tetrazole rings is 1. The van der Waals surface area contributed by atoms with Gasteiger partial charge in [-0.15, -0.1) is 5.10 Å². The standard InChI is InChI=1S/C14H15ClN6O/c1-10(21-9-17-18-19-21)14(22)16-6-8-20-7-5-11-12(15)3-2-4-13(11)20/h2-5,7,9-10H,6,8H2,1H3,(H,16,22). The first-order chi connectivity index (χ1) is 10.7. The minimum Gasteiger partial charge on any atom is -0.352 e. The Morgan fingerprint density at radius 2 is 2.27 bits per heavy atom. The average Bonchev–Trinajstić information content (AvgIpc) is 3.17. The number of amides is 1. The number of benzene rings is 1. The molecule has 0 aliphatic rings. The largest absolute Gasteiger partial charge is 0.352 e. The maximum atomic E-state index is 12.0. The molecule has 0 saturated carbocycles. The van der Waals surface area contributed by atoms with Crippen LogP contribution >= 0.6 is 11.6 Å². The quantitative estimate of drug-likeness (QED) is 0.776. The molecule has 0 radical (unpaired) electrons. The van der Waals surface area contributed by atoms with E-state index in [1.807, 2.05) is 30.5 Å². The molecule has 0 spiro atoms. The molecule has 2 heterocycles. The fourth-order valence-corrected chi connectivity index (χ4v) is 2.53. The molecule has 0 aliphatic carbocycles. The number of hydrogen-bond acceptors (Lipinski definition) is 4. The van der Waals surface area contributed by atoms with E-state index >= 15 is 0 Å². The van der Waals surface area contributed by atoms with Crippen LogP contribution in [0.1, 0.15) is 13.0 Å². The molecule has 0 fully saturated rings. The third-order valence-corrected chi connectivity index (χ3v) is 3.88. The van der Waals surface area contributed by atoms with E-state index in [0.29, 0.717) is 13.1 Å². The van der Waals surface area contributed by atoms with Crippen LogP contribution in [-0.2, 0) is 11.3 Å². The van der Waals surface area contributed by atoms with Gasteiger partial charge in [0.15, 0.2) is 0 Å². The average molecular weight is 319 g/mol. The number of rotatable bonds is 5. The first-order valence-electron chi connectivity index (χ1n) is 6.90. The van der Waals surface area contributed by atoms with Crippen LogP contribution in [0.15, 0.2) is 36.8 Å². The molecular weight excluding hydrogens is 304 g/mol. The van der Waals surface area contributed by atoms with Gasteiger partial charge in [-0.25, -0.2) is 4.68 Å². The van der Waals surface area contributed by atoms with E-state index in [-0.39, 0.29) is 5.91 Å². The molecule has 1 N–H and O–H groups in total. The Morgan fingerprint density at radius 1 is 1.41 bits per heavy atom. The molecule has 2 aromatic heterocycles. The van der Waals surface area contributed by atoms with Gasteiger partial charge in [0.1, 0.15) is 12.4 Å². The fraction of sp³-hybridized carbons (Fsp3) is 0.286. The lowest BCUT2D eigenvalue weighted by Crippen LogP contribution is -2.33. The summed E-state index contributed by atoms with van der Waals surface area (Å²) in [6.45, 7) is 2.93. The van der Waals surface area contributed by atoms with E-state index in [4.69, 9.17) is 11.6 Å². The summed E-state index contributed by atoms with van der Waals surface area (Å²) in [5.74, 6) is -0.123. The molecule has 1 atom stereocenters. The summed E-state index contributed by atoms with van der Waals surface area (Å²) in [5.41, 5.74) is 1.05. The van der Waals surface area contributed by atoms with Gasteiger partial charge in [-0.05, 0) is 35.5 Å². The highest BCUT2D eigenvalue weighted by atomic mass is 35.5. The van der Waals surface area contributed by atoms with E-state index < -0.39 is 6.04 Å². The molecule has 1 amide bonds. The first kappa shape index (κ1) is 14.5. The first-order valence-corrected chi connectivity index (χ1v) is 7.28. The van der Waals surface area contributed by atoms with Crippen LogP contribution in [0.5, 0.6) is 0 Å². The van der Waals surface area contributed by atoms with Crippen LogP contribution in [0, 0.1) is 0 Å². The summed E-state index contributed by atoms with van der Waals surface area (Å²) in [5, 5.41) is 15.4. The number of nitrogens with one attached hydrogen (secondary N) is 1. The molecule has 0 saturated heterocycles. The van der Waals surface area contributed by atoms with Crippen molar-refractivity contribution in [3.05, 3.63) is 41.8 Å². The van der Waals surface area contributed by atoms with Gasteiger partial charge < -0.3 is 9.88 Å². The van der Waals surface area contributed by atoms with Gasteiger partial charge in [0, 0.05) is 35.2 Å². The van der Waals surface area contributed by atoms with Crippen molar-refractivity contribution >= 4 is 28.4 Å². The molecule has 22 heavy (non-hydrogen) atoms. The Bertz CT molecular complexity index is 782. The Hall–Kier alpha value is -2.41. The normalized spacial score (nSPS) is 12.5. The second kappa shape index (κ2) is 6.15. The van der Waals surface area contributed by atoms with Gasteiger partial charge in [0.05, 0.1) is 0 Å². The van der Waals surface area contributed by atoms with Crippen molar-refractivity contribution in [2.24, 2.45) is 0 Å². The van der Waals surface area contributed by atoms with E-state index in [0.717, 1.165) is 15.9 Å². The van der Waals surface area contributed by atoms with Crippen LogP contribution in [0.2, 0.25) is 5.02 Å². The zero-order valence-electron chi connectivity index (χ0n) is 12.0. The maximum Gasteiger partial charge on any atom is 0.244 e. The van der Waals surface area contributed by atoms with Crippen LogP contribution in [0.25, 0.3) is 10.9 Å². The lowest BCUT2D eigenvalue weighted by atomic mass is 10.2. The summed E-state index contributed by atoms with van der Waals surface area (Å²) in [7, 11) is 0. The number of carbonyl (C=O) groups is 1. The van der Waals surface area contributed by atoms with Crippen LogP contribution in [0.3, 0.4) is 0 Å². The summed E-state index contributed by atoms with van der Waals surface area (Å²) < 4.78 is 3.48. The Labute approximate surface area is 131 Å². The van der Waals surface area contributed by atoms with Crippen molar-refractivity contribution in [2.75, 3.05) is 6.54 Å². The third-order valence-electron chi connectivity index (χ3n) is 3.55. The topological polar surface area (TPSA) is 77.6 Å². The smallest absolute Gasteiger partial charge is 0.244 e. The van der Waals surface area contributed by atoms with Gasteiger partial charge in [0.25, 0.3) is 0 Å². The number of aromatic nitrogens is 5. The van der Waals surface area contributed by atoms with Crippen molar-refractivity contribution in [1.29, 1.82) is 0 Å². The minimum atomic E-state index is -0.439. The van der Waals surface area contributed by atoms with Gasteiger partial charge in [-0.1, -0.05) is 17.7 Å². The molecular formula is C14H15ClN6O. The molecule has 8 heteroatoms. The molecule has 3 aromatic rings. The number of nitrogens with zero attached hydrogens (tertiary/aromatic N) is 5. The molecule has 1 unspecified atom stereocenters. The van der Waals surface area contributed by atoms with Crippen molar-refractivity contribution in [3.8, 4) is 0 Å². The summed E-state index contributed by atoms with van der Waals surface area (Å²) in [6.07, 6.45) is 3.39. The molecule has 0 bridgehead atoms. The highest BCUT2D eigenvalue weighted by Crippen LogP contribution is 2.23. The number of halogens is 1. The summed E-state index contributed by atoms with van der Waals surface area (Å²) in [6, 6.07) is 7.32. The van der Waals surface area contributed by atoms with Crippen LogP contribution in [-0.4, -0.2) is 37.2 Å². The predicted molar refractivity (Wildman–Crippen MR) is 82.5 cm³/mol. The molecule has 1 aromatic carbocycles. The summed E-state index contributed by atoms with van der Waals surface area (Å²) in [4.78, 5) is 12.0. The summed E-state index contributed by atoms with van der Waals surface area (Å²) >= 11 is 6.15. The highest BCUT2D eigenvalue weighted by Gasteiger charge is 2.15. The Morgan fingerprint density at radius 3 is 3.05 bits per heavy atom. The van der Waals surface area contributed by atoms with Crippen molar-refractivity contribution in [1.82, 2.24) is 30.1 Å². The number of carbonyl (C=O) groups excluding carboxylic acids is 1. The molecule has 7 nitrogen and oxygen atoms in total. The highest BCUT2D eigenvalue weighted by molar-refractivity contribution is 6.35. The van der Waals surface area contributed by atoms with E-state index in [9.17, 15) is 4.79 Å². The maximum absolute atomic E-state index is 12.0. The molecule has 0 aliphatic heterocycles. The van der Waals surface area contributed by atoms with Gasteiger partial charge in [0.2, 0.25) is 5.91 Å². The van der Waals surface area contributed by atoms with Gasteiger partial charge >= 0.3 is 0 Å². The SMILES string of the molecule is CC(C(=O)NCCn1ccc2c(Cl)cccc21)n1cnnn1. The zero-order valence-corrected chi connectivity index (χ0v) is 12.7. The predicted octanol–water partition coefficient (Wildman–Crippen LogP) is 1.66. The van der Waals surface area contributed by atoms with Crippen molar-refractivity contribution < 1.29 is 4.79 Å². The zero-order chi connectivity index (χ0) is 15.5. The Balaban J connectivity index is 1.60. The lowest BCUT2D eigenvalue weighted by molar-refractivity contribution is -0.124. The second-order valence-corrected chi connectivity index (χ2v) is 5.35. The molecule has 114 valence electrons. The van der Waals surface area contributed by atoms with E-state index in [1.165, 1.54) is 11.0 Å². The van der Waals surface area contributed by atoms with Crippen molar-refractivity contribution in [2.45, 2.75) is 19.5 Å². The molecule has 3 rings (SSSR count). The van der Waals surface area contributed by atoms with E-state index in [2.05, 4.69) is 25.4 Å². The second-order valence-electron chi connectivity index (χ2n) is 4.94. The van der Waals surface area contributed by atoms with Gasteiger partial charge in [-0.2, -0.15) is 0 Å². The fourth-order valence-electron chi connectivity index (χ4n) is 2.29. The van der Waals surface area contributed by atoms with Crippen LogP contribution < -0.4 is 5.32 Å². The van der Waals surface area contributed by atoms with Crippen molar-refractivity contribution in [3.63, 3.8) is 0 Å². The van der Waals surface area contributed by atoms with Crippen LogP contribution in [0.4, 0.5) is 0 Å². The monoisotopic (exact) mass is 318 g/mol. The Kier molecular flexibility index (Phi) is 4.06. The van der Waals surface area contributed by atoms with Gasteiger partial charge in [-0.3, -0.25) is 4.79 Å². The van der Waals surface area contributed by atoms with E-state index in [1.54, 1.807) is 6.92 Å². The lowest BCUT2D eigenvalue weighted by Gasteiger charge is -2.12. The number of fused-ring (bicyclic) bond motifs is 1. The number of hydrogen-bond donors (Lipinski definition) is 1. The third kappa shape index (κ3) is 2.80. The minimum absolute atomic E-state index is 0.123.